The predicted octanol–water partition coefficient (Wildman–Crippen LogP) is 6.06. The Kier molecular flexibility index (Phi) is 9.81. The van der Waals surface area contributed by atoms with Crippen molar-refractivity contribution in [3.63, 3.8) is 0 Å². The van der Waals surface area contributed by atoms with Gasteiger partial charge in [-0.3, -0.25) is 4.79 Å². The average molecular weight is 495 g/mol. The number of ether oxygens (including phenoxy) is 1. The molecule has 1 heterocycles. The van der Waals surface area contributed by atoms with E-state index in [4.69, 9.17) is 10.5 Å². The van der Waals surface area contributed by atoms with E-state index < -0.39 is 0 Å². The first kappa shape index (κ1) is 26.1. The number of nitrogens with two attached hydrogens (primary N) is 1. The summed E-state index contributed by atoms with van der Waals surface area (Å²) in [5.74, 6) is 0.0997. The van der Waals surface area contributed by atoms with Crippen LogP contribution in [0.5, 0.6) is 0 Å². The van der Waals surface area contributed by atoms with Crippen molar-refractivity contribution in [1.29, 1.82) is 0 Å². The smallest absolute Gasteiger partial charge is 0.255 e. The summed E-state index contributed by atoms with van der Waals surface area (Å²) in [4.78, 5) is 16.4. The number of nitrogens with one attached hydrogen (secondary N) is 2. The second-order valence-electron chi connectivity index (χ2n) is 8.94. The van der Waals surface area contributed by atoms with Gasteiger partial charge in [0.05, 0.1) is 12.3 Å². The summed E-state index contributed by atoms with van der Waals surface area (Å²) in [6.45, 7) is 3.14. The van der Waals surface area contributed by atoms with Crippen LogP contribution in [0.4, 0.5) is 11.5 Å². The third kappa shape index (κ3) is 8.27. The maximum absolute atomic E-state index is 12.4. The van der Waals surface area contributed by atoms with Crippen molar-refractivity contribution in [2.75, 3.05) is 24.2 Å². The zero-order valence-electron chi connectivity index (χ0n) is 21.0. The third-order valence-corrected chi connectivity index (χ3v) is 6.10. The molecule has 3 aromatic carbocycles. The molecule has 4 N–H and O–H groups in total. The molecule has 6 heteroatoms. The molecule has 4 aromatic rings. The van der Waals surface area contributed by atoms with Crippen LogP contribution >= 0.6 is 0 Å². The number of hydrogen-bond acceptors (Lipinski definition) is 5. The molecule has 0 spiro atoms. The fraction of sp³-hybridized carbons (Fsp3) is 0.226. The third-order valence-electron chi connectivity index (χ3n) is 6.10. The number of carbonyl (C=O) groups is 1. The van der Waals surface area contributed by atoms with Crippen LogP contribution in [0.1, 0.15) is 40.7 Å². The highest BCUT2D eigenvalue weighted by molar-refractivity contribution is 6.05. The average Bonchev–Trinajstić information content (AvgIpc) is 2.94. The normalized spacial score (nSPS) is 10.8. The maximum atomic E-state index is 12.4. The van der Waals surface area contributed by atoms with Gasteiger partial charge < -0.3 is 21.1 Å². The number of unbranched alkanes of at least 4 members (excludes halogenated alkanes) is 2. The van der Waals surface area contributed by atoms with Crippen molar-refractivity contribution in [3.8, 4) is 11.1 Å². The predicted molar refractivity (Wildman–Crippen MR) is 150 cm³/mol. The van der Waals surface area contributed by atoms with Crippen LogP contribution in [-0.2, 0) is 17.9 Å². The summed E-state index contributed by atoms with van der Waals surface area (Å²) in [6, 6.07) is 30.0. The van der Waals surface area contributed by atoms with Crippen molar-refractivity contribution < 1.29 is 9.53 Å². The Labute approximate surface area is 218 Å². The molecule has 0 atom stereocenters. The number of hydrogen-bond donors (Lipinski definition) is 3. The van der Waals surface area contributed by atoms with Gasteiger partial charge in [-0.25, -0.2) is 4.98 Å². The summed E-state index contributed by atoms with van der Waals surface area (Å²) >= 11 is 0. The van der Waals surface area contributed by atoms with Gasteiger partial charge in [0.2, 0.25) is 0 Å². The van der Waals surface area contributed by atoms with Gasteiger partial charge >= 0.3 is 0 Å². The van der Waals surface area contributed by atoms with E-state index >= 15 is 0 Å². The molecule has 6 nitrogen and oxygen atoms in total. The van der Waals surface area contributed by atoms with Gasteiger partial charge in [-0.15, -0.1) is 0 Å². The van der Waals surface area contributed by atoms with Gasteiger partial charge in [-0.05, 0) is 72.3 Å². The molecule has 1 aromatic heterocycles. The van der Waals surface area contributed by atoms with Gasteiger partial charge in [0, 0.05) is 24.9 Å². The Balaban J connectivity index is 1.05. The topological polar surface area (TPSA) is 89.3 Å². The number of aromatic nitrogens is 1. The molecule has 4 rings (SSSR count). The summed E-state index contributed by atoms with van der Waals surface area (Å²) < 4.78 is 5.85. The van der Waals surface area contributed by atoms with E-state index in [9.17, 15) is 4.79 Å². The van der Waals surface area contributed by atoms with Crippen molar-refractivity contribution in [2.24, 2.45) is 0 Å². The van der Waals surface area contributed by atoms with Crippen molar-refractivity contribution >= 4 is 17.4 Å². The van der Waals surface area contributed by atoms with Gasteiger partial charge in [0.15, 0.2) is 0 Å². The number of rotatable bonds is 13. The first-order valence-electron chi connectivity index (χ1n) is 12.7. The summed E-state index contributed by atoms with van der Waals surface area (Å²) in [6.07, 6.45) is 4.86. The van der Waals surface area contributed by atoms with E-state index in [0.717, 1.165) is 44.5 Å². The van der Waals surface area contributed by atoms with E-state index in [2.05, 4.69) is 64.1 Å². The summed E-state index contributed by atoms with van der Waals surface area (Å²) in [7, 11) is 0. The van der Waals surface area contributed by atoms with Crippen LogP contribution in [0.15, 0.2) is 97.2 Å². The Morgan fingerprint density at radius 2 is 1.51 bits per heavy atom. The lowest BCUT2D eigenvalue weighted by Gasteiger charge is -2.09. The van der Waals surface area contributed by atoms with E-state index in [0.29, 0.717) is 23.7 Å². The number of benzene rings is 3. The fourth-order valence-corrected chi connectivity index (χ4v) is 3.97. The second-order valence-corrected chi connectivity index (χ2v) is 8.94. The molecular formula is C31H34N4O2. The Morgan fingerprint density at radius 3 is 2.27 bits per heavy atom. The summed E-state index contributed by atoms with van der Waals surface area (Å²) in [5, 5.41) is 6.26. The highest BCUT2D eigenvalue weighted by Gasteiger charge is 2.08. The Hall–Kier alpha value is -4.00. The number of amides is 1. The van der Waals surface area contributed by atoms with Crippen LogP contribution in [0.2, 0.25) is 0 Å². The van der Waals surface area contributed by atoms with Gasteiger partial charge in [0.25, 0.3) is 5.91 Å². The molecule has 0 aliphatic heterocycles. The molecule has 0 saturated carbocycles. The molecule has 0 aliphatic carbocycles. The standard InChI is InChI=1S/C31H34N4O2/c32-30-29(10-7-20-34-30)35-31(36)28-17-11-24(12-18-28)22-33-19-5-2-6-21-37-23-25-13-15-27(16-14-25)26-8-3-1-4-9-26/h1,3-4,7-18,20,33H,2,5-6,19,21-23H2,(H2,32,34)(H,35,36). The Morgan fingerprint density at radius 1 is 0.784 bits per heavy atom. The first-order valence-corrected chi connectivity index (χ1v) is 12.7. The lowest BCUT2D eigenvalue weighted by Crippen LogP contribution is -2.16. The van der Waals surface area contributed by atoms with Crippen LogP contribution in [0.25, 0.3) is 11.1 Å². The van der Waals surface area contributed by atoms with E-state index in [1.807, 2.05) is 30.3 Å². The minimum Gasteiger partial charge on any atom is -0.382 e. The van der Waals surface area contributed by atoms with Gasteiger partial charge in [0.1, 0.15) is 5.82 Å². The van der Waals surface area contributed by atoms with Crippen molar-refractivity contribution in [3.05, 3.63) is 114 Å². The quantitative estimate of drug-likeness (QED) is 0.197. The van der Waals surface area contributed by atoms with Crippen molar-refractivity contribution in [2.45, 2.75) is 32.4 Å². The summed E-state index contributed by atoms with van der Waals surface area (Å²) in [5.41, 5.74) is 11.7. The number of carbonyl (C=O) groups excluding carboxylic acids is 1. The van der Waals surface area contributed by atoms with E-state index in [-0.39, 0.29) is 5.91 Å². The molecule has 0 radical (unpaired) electrons. The molecule has 0 fully saturated rings. The maximum Gasteiger partial charge on any atom is 0.255 e. The molecular weight excluding hydrogens is 460 g/mol. The highest BCUT2D eigenvalue weighted by Crippen LogP contribution is 2.19. The van der Waals surface area contributed by atoms with Gasteiger partial charge in [-0.1, -0.05) is 66.7 Å². The molecule has 190 valence electrons. The van der Waals surface area contributed by atoms with Crippen molar-refractivity contribution in [1.82, 2.24) is 10.3 Å². The molecule has 0 aliphatic rings. The minimum absolute atomic E-state index is 0.203. The molecule has 1 amide bonds. The van der Waals surface area contributed by atoms with Crippen LogP contribution in [-0.4, -0.2) is 24.0 Å². The number of nitrogen functional groups attached to an aromatic ring is 1. The zero-order valence-corrected chi connectivity index (χ0v) is 21.0. The molecule has 37 heavy (non-hydrogen) atoms. The van der Waals surface area contributed by atoms with E-state index in [1.165, 1.54) is 16.7 Å². The first-order chi connectivity index (χ1) is 18.2. The minimum atomic E-state index is -0.203. The number of anilines is 2. The SMILES string of the molecule is Nc1ncccc1NC(=O)c1ccc(CNCCCCCOCc2ccc(-c3ccccc3)cc2)cc1. The Bertz CT molecular complexity index is 1240. The van der Waals surface area contributed by atoms with Gasteiger partial charge in [-0.2, -0.15) is 0 Å². The lowest BCUT2D eigenvalue weighted by molar-refractivity contribution is 0.102. The van der Waals surface area contributed by atoms with Crippen LogP contribution in [0, 0.1) is 0 Å². The monoisotopic (exact) mass is 494 g/mol. The highest BCUT2D eigenvalue weighted by atomic mass is 16.5. The number of pyridine rings is 1. The largest absolute Gasteiger partial charge is 0.382 e. The van der Waals surface area contributed by atoms with E-state index in [1.54, 1.807) is 18.3 Å². The second kappa shape index (κ2) is 13.9. The zero-order chi connectivity index (χ0) is 25.7. The molecule has 0 saturated heterocycles. The lowest BCUT2D eigenvalue weighted by atomic mass is 10.0. The van der Waals surface area contributed by atoms with Crippen LogP contribution in [0.3, 0.4) is 0 Å². The fourth-order valence-electron chi connectivity index (χ4n) is 3.97. The molecule has 0 bridgehead atoms. The number of nitrogens with zero attached hydrogens (tertiary/aromatic N) is 1. The van der Waals surface area contributed by atoms with Crippen LogP contribution < -0.4 is 16.4 Å². The molecule has 0 unspecified atom stereocenters.